The lowest BCUT2D eigenvalue weighted by molar-refractivity contribution is 0.107. The molecule has 4 heteroatoms. The fraction of sp³-hybridized carbons (Fsp3) is 0.294. The van der Waals surface area contributed by atoms with Gasteiger partial charge >= 0.3 is 0 Å². The Kier molecular flexibility index (Phi) is 5.31. The summed E-state index contributed by atoms with van der Waals surface area (Å²) in [4.78, 5) is 0. The van der Waals surface area contributed by atoms with Gasteiger partial charge in [0.15, 0.2) is 0 Å². The number of ether oxygens (including phenoxy) is 1. The van der Waals surface area contributed by atoms with Gasteiger partial charge in [-0.25, -0.2) is 4.39 Å². The minimum Gasteiger partial charge on any atom is -0.490 e. The zero-order valence-corrected chi connectivity index (χ0v) is 12.2. The number of halogens is 1. The first kappa shape index (κ1) is 15.5. The number of aliphatic hydroxyl groups excluding tert-OH is 1. The van der Waals surface area contributed by atoms with Crippen LogP contribution in [-0.2, 0) is 0 Å². The Hall–Kier alpha value is -1.91. The van der Waals surface area contributed by atoms with Gasteiger partial charge < -0.3 is 15.2 Å². The Labute approximate surface area is 124 Å². The summed E-state index contributed by atoms with van der Waals surface area (Å²) in [6.07, 6.45) is -0.743. The van der Waals surface area contributed by atoms with Crippen molar-refractivity contribution in [3.63, 3.8) is 0 Å². The third kappa shape index (κ3) is 4.03. The minimum absolute atomic E-state index is 0.0365. The van der Waals surface area contributed by atoms with Crippen LogP contribution < -0.4 is 10.1 Å². The van der Waals surface area contributed by atoms with Gasteiger partial charge in [-0.3, -0.25) is 0 Å². The molecule has 0 fully saturated rings. The van der Waals surface area contributed by atoms with Gasteiger partial charge in [-0.15, -0.1) is 0 Å². The van der Waals surface area contributed by atoms with Crippen molar-refractivity contribution in [1.29, 1.82) is 0 Å². The SMILES string of the molecule is CNC(C)c1ccc(F)cc1OCC(O)c1ccccc1. The molecule has 21 heavy (non-hydrogen) atoms. The van der Waals surface area contributed by atoms with Gasteiger partial charge in [-0.1, -0.05) is 36.4 Å². The molecule has 0 aromatic heterocycles. The Morgan fingerprint density at radius 3 is 2.57 bits per heavy atom. The van der Waals surface area contributed by atoms with Crippen molar-refractivity contribution in [2.75, 3.05) is 13.7 Å². The highest BCUT2D eigenvalue weighted by Gasteiger charge is 2.14. The van der Waals surface area contributed by atoms with E-state index >= 15 is 0 Å². The van der Waals surface area contributed by atoms with Crippen molar-refractivity contribution in [3.05, 3.63) is 65.5 Å². The molecule has 0 bridgehead atoms. The van der Waals surface area contributed by atoms with Crippen LogP contribution in [0.3, 0.4) is 0 Å². The van der Waals surface area contributed by atoms with E-state index in [0.717, 1.165) is 11.1 Å². The third-order valence-corrected chi connectivity index (χ3v) is 3.46. The van der Waals surface area contributed by atoms with E-state index in [1.165, 1.54) is 12.1 Å². The molecule has 0 heterocycles. The van der Waals surface area contributed by atoms with Gasteiger partial charge in [0.25, 0.3) is 0 Å². The summed E-state index contributed by atoms with van der Waals surface area (Å²) in [7, 11) is 1.83. The zero-order valence-electron chi connectivity index (χ0n) is 12.2. The van der Waals surface area contributed by atoms with E-state index < -0.39 is 6.10 Å². The van der Waals surface area contributed by atoms with E-state index in [1.54, 1.807) is 6.07 Å². The van der Waals surface area contributed by atoms with E-state index in [-0.39, 0.29) is 18.5 Å². The molecule has 2 aromatic carbocycles. The summed E-state index contributed by atoms with van der Waals surface area (Å²) in [6.45, 7) is 2.05. The monoisotopic (exact) mass is 289 g/mol. The van der Waals surface area contributed by atoms with Crippen LogP contribution in [0.15, 0.2) is 48.5 Å². The Morgan fingerprint density at radius 2 is 1.90 bits per heavy atom. The average molecular weight is 289 g/mol. The van der Waals surface area contributed by atoms with E-state index in [2.05, 4.69) is 5.32 Å². The molecule has 2 rings (SSSR count). The van der Waals surface area contributed by atoms with Gasteiger partial charge in [0.05, 0.1) is 0 Å². The highest BCUT2D eigenvalue weighted by atomic mass is 19.1. The molecule has 0 aliphatic heterocycles. The number of hydrogen-bond acceptors (Lipinski definition) is 3. The van der Waals surface area contributed by atoms with Crippen molar-refractivity contribution < 1.29 is 14.2 Å². The lowest BCUT2D eigenvalue weighted by Gasteiger charge is -2.18. The molecule has 0 aliphatic rings. The number of hydrogen-bond donors (Lipinski definition) is 2. The second kappa shape index (κ2) is 7.20. The van der Waals surface area contributed by atoms with Crippen molar-refractivity contribution in [3.8, 4) is 5.75 Å². The molecule has 0 saturated carbocycles. The maximum absolute atomic E-state index is 13.4. The molecular weight excluding hydrogens is 269 g/mol. The average Bonchev–Trinajstić information content (AvgIpc) is 2.52. The Bertz CT molecular complexity index is 574. The first-order valence-electron chi connectivity index (χ1n) is 6.94. The van der Waals surface area contributed by atoms with Crippen molar-refractivity contribution in [1.82, 2.24) is 5.32 Å². The topological polar surface area (TPSA) is 41.5 Å². The van der Waals surface area contributed by atoms with Crippen LogP contribution in [0.2, 0.25) is 0 Å². The number of nitrogens with one attached hydrogen (secondary N) is 1. The maximum atomic E-state index is 13.4. The standard InChI is InChI=1S/C17H20FNO2/c1-12(19-2)15-9-8-14(18)10-17(15)21-11-16(20)13-6-4-3-5-7-13/h3-10,12,16,19-20H,11H2,1-2H3. The molecule has 0 aliphatic carbocycles. The first-order chi connectivity index (χ1) is 10.1. The van der Waals surface area contributed by atoms with Crippen molar-refractivity contribution in [2.24, 2.45) is 0 Å². The van der Waals surface area contributed by atoms with Gasteiger partial charge in [0.2, 0.25) is 0 Å². The molecule has 3 nitrogen and oxygen atoms in total. The molecule has 2 atom stereocenters. The molecule has 0 amide bonds. The third-order valence-electron chi connectivity index (χ3n) is 3.46. The van der Waals surface area contributed by atoms with Crippen LogP contribution in [-0.4, -0.2) is 18.8 Å². The molecular formula is C17H20FNO2. The summed E-state index contributed by atoms with van der Waals surface area (Å²) >= 11 is 0. The van der Waals surface area contributed by atoms with Crippen LogP contribution in [0.1, 0.15) is 30.2 Å². The second-order valence-corrected chi connectivity index (χ2v) is 4.93. The van der Waals surface area contributed by atoms with E-state index in [9.17, 15) is 9.50 Å². The van der Waals surface area contributed by atoms with Crippen LogP contribution in [0.25, 0.3) is 0 Å². The summed E-state index contributed by atoms with van der Waals surface area (Å²) in [5.74, 6) is 0.0954. The minimum atomic E-state index is -0.743. The number of benzene rings is 2. The molecule has 2 aromatic rings. The molecule has 2 N–H and O–H groups in total. The summed E-state index contributed by atoms with van der Waals surface area (Å²) in [5, 5.41) is 13.2. The second-order valence-electron chi connectivity index (χ2n) is 4.93. The van der Waals surface area contributed by atoms with Crippen molar-refractivity contribution in [2.45, 2.75) is 19.1 Å². The highest BCUT2D eigenvalue weighted by Crippen LogP contribution is 2.27. The van der Waals surface area contributed by atoms with E-state index in [4.69, 9.17) is 4.74 Å². The Balaban J connectivity index is 2.10. The van der Waals surface area contributed by atoms with Crippen LogP contribution in [0, 0.1) is 5.82 Å². The molecule has 0 saturated heterocycles. The lowest BCUT2D eigenvalue weighted by Crippen LogP contribution is -2.16. The molecule has 2 unspecified atom stereocenters. The quantitative estimate of drug-likeness (QED) is 0.858. The molecule has 0 radical (unpaired) electrons. The van der Waals surface area contributed by atoms with Gasteiger partial charge in [0, 0.05) is 17.7 Å². The van der Waals surface area contributed by atoms with E-state index in [1.807, 2.05) is 44.3 Å². The van der Waals surface area contributed by atoms with Crippen LogP contribution >= 0.6 is 0 Å². The fourth-order valence-corrected chi connectivity index (χ4v) is 2.09. The van der Waals surface area contributed by atoms with Gasteiger partial charge in [-0.2, -0.15) is 0 Å². The number of rotatable bonds is 6. The molecule has 0 spiro atoms. The smallest absolute Gasteiger partial charge is 0.127 e. The highest BCUT2D eigenvalue weighted by molar-refractivity contribution is 5.36. The predicted molar refractivity (Wildman–Crippen MR) is 80.8 cm³/mol. The lowest BCUT2D eigenvalue weighted by atomic mass is 10.1. The summed E-state index contributed by atoms with van der Waals surface area (Å²) < 4.78 is 19.0. The van der Waals surface area contributed by atoms with Crippen LogP contribution in [0.4, 0.5) is 4.39 Å². The number of aliphatic hydroxyl groups is 1. The summed E-state index contributed by atoms with van der Waals surface area (Å²) in [5.41, 5.74) is 1.64. The van der Waals surface area contributed by atoms with Gasteiger partial charge in [-0.05, 0) is 25.6 Å². The van der Waals surface area contributed by atoms with E-state index in [0.29, 0.717) is 5.75 Å². The normalized spacial score (nSPS) is 13.7. The molecule has 112 valence electrons. The largest absolute Gasteiger partial charge is 0.490 e. The zero-order chi connectivity index (χ0) is 15.2. The predicted octanol–water partition coefficient (Wildman–Crippen LogP) is 3.22. The fourth-order valence-electron chi connectivity index (χ4n) is 2.09. The van der Waals surface area contributed by atoms with Crippen LogP contribution in [0.5, 0.6) is 5.75 Å². The summed E-state index contributed by atoms with van der Waals surface area (Å²) in [6, 6.07) is 13.7. The maximum Gasteiger partial charge on any atom is 0.127 e. The van der Waals surface area contributed by atoms with Gasteiger partial charge in [0.1, 0.15) is 24.3 Å². The Morgan fingerprint density at radius 1 is 1.19 bits per heavy atom. The van der Waals surface area contributed by atoms with Crippen molar-refractivity contribution >= 4 is 0 Å². The first-order valence-corrected chi connectivity index (χ1v) is 6.94.